The molecule has 0 unspecified atom stereocenters. The first kappa shape index (κ1) is 10.7. The van der Waals surface area contributed by atoms with Crippen molar-refractivity contribution in [3.63, 3.8) is 0 Å². The largest absolute Gasteiger partial charge is 0.491 e. The minimum atomic E-state index is 0. The van der Waals surface area contributed by atoms with E-state index in [0.717, 1.165) is 18.9 Å². The van der Waals surface area contributed by atoms with Gasteiger partial charge in [-0.15, -0.1) is 12.4 Å². The number of ether oxygens (including phenoxy) is 2. The number of rotatable bonds is 0. The molecule has 0 bridgehead atoms. The first-order valence-electron chi connectivity index (χ1n) is 5.02. The van der Waals surface area contributed by atoms with Crippen molar-refractivity contribution in [2.75, 3.05) is 19.8 Å². The van der Waals surface area contributed by atoms with Crippen molar-refractivity contribution in [2.45, 2.75) is 12.1 Å². The van der Waals surface area contributed by atoms with Gasteiger partial charge in [0.05, 0.1) is 12.6 Å². The summed E-state index contributed by atoms with van der Waals surface area (Å²) in [6.07, 6.45) is 0.175. The maximum absolute atomic E-state index is 5.77. The summed E-state index contributed by atoms with van der Waals surface area (Å²) in [6, 6.07) is 8.43. The molecule has 1 aromatic carbocycles. The van der Waals surface area contributed by atoms with E-state index < -0.39 is 0 Å². The molecular weight excluding hydrogens is 214 g/mol. The van der Waals surface area contributed by atoms with Crippen molar-refractivity contribution in [2.24, 2.45) is 0 Å². The van der Waals surface area contributed by atoms with Gasteiger partial charge in [0.1, 0.15) is 18.5 Å². The minimum Gasteiger partial charge on any atom is -0.491 e. The molecule has 3 rings (SSSR count). The standard InChI is InChI=1S/C11H13NO2.ClH/c1-2-4-10-8(3-1)11-9(7-14-10)12-5-6-13-11;/h1-4,9,11-12H,5-7H2;1H/t9-,11-;/m0./s1. The second-order valence-corrected chi connectivity index (χ2v) is 3.70. The first-order valence-corrected chi connectivity index (χ1v) is 5.02. The van der Waals surface area contributed by atoms with Crippen LogP contribution in [0.5, 0.6) is 5.75 Å². The molecule has 0 spiro atoms. The molecule has 1 saturated heterocycles. The Kier molecular flexibility index (Phi) is 3.14. The molecule has 15 heavy (non-hydrogen) atoms. The number of hydrogen-bond donors (Lipinski definition) is 1. The van der Waals surface area contributed by atoms with Crippen LogP contribution in [0.2, 0.25) is 0 Å². The van der Waals surface area contributed by atoms with Gasteiger partial charge >= 0.3 is 0 Å². The minimum absolute atomic E-state index is 0. The molecule has 2 atom stereocenters. The molecule has 0 saturated carbocycles. The zero-order valence-corrected chi connectivity index (χ0v) is 9.13. The van der Waals surface area contributed by atoms with Gasteiger partial charge in [0.15, 0.2) is 0 Å². The average molecular weight is 228 g/mol. The van der Waals surface area contributed by atoms with E-state index in [0.29, 0.717) is 12.6 Å². The zero-order valence-electron chi connectivity index (χ0n) is 8.31. The highest BCUT2D eigenvalue weighted by Gasteiger charge is 2.33. The van der Waals surface area contributed by atoms with Crippen LogP contribution in [0.3, 0.4) is 0 Å². The van der Waals surface area contributed by atoms with Crippen molar-refractivity contribution in [1.82, 2.24) is 5.32 Å². The van der Waals surface area contributed by atoms with E-state index >= 15 is 0 Å². The molecule has 82 valence electrons. The van der Waals surface area contributed by atoms with Crippen LogP contribution in [-0.2, 0) is 4.74 Å². The van der Waals surface area contributed by atoms with Gasteiger partial charge in [-0.2, -0.15) is 0 Å². The van der Waals surface area contributed by atoms with Gasteiger partial charge in [0.2, 0.25) is 0 Å². The lowest BCUT2D eigenvalue weighted by atomic mass is 9.98. The summed E-state index contributed by atoms with van der Waals surface area (Å²) in [5, 5.41) is 3.41. The van der Waals surface area contributed by atoms with E-state index in [4.69, 9.17) is 9.47 Å². The van der Waals surface area contributed by atoms with Crippen LogP contribution in [0, 0.1) is 0 Å². The van der Waals surface area contributed by atoms with Crippen LogP contribution in [-0.4, -0.2) is 25.8 Å². The van der Waals surface area contributed by atoms with E-state index in [1.165, 1.54) is 5.56 Å². The Morgan fingerprint density at radius 1 is 1.27 bits per heavy atom. The highest BCUT2D eigenvalue weighted by Crippen LogP contribution is 2.35. The third-order valence-electron chi connectivity index (χ3n) is 2.82. The monoisotopic (exact) mass is 227 g/mol. The number of morpholine rings is 1. The summed E-state index contributed by atoms with van der Waals surface area (Å²) in [5.74, 6) is 0.970. The Labute approximate surface area is 95.2 Å². The van der Waals surface area contributed by atoms with Gasteiger partial charge < -0.3 is 14.8 Å². The fourth-order valence-electron chi connectivity index (χ4n) is 2.13. The summed E-state index contributed by atoms with van der Waals surface area (Å²) in [7, 11) is 0. The highest BCUT2D eigenvalue weighted by molar-refractivity contribution is 5.85. The summed E-state index contributed by atoms with van der Waals surface area (Å²) < 4.78 is 11.4. The SMILES string of the molecule is Cl.c1ccc2c(c1)OC[C@@H]1NCCO[C@@H]21. The molecule has 0 amide bonds. The molecule has 3 nitrogen and oxygen atoms in total. The molecular formula is C11H14ClNO2. The second kappa shape index (κ2) is 4.39. The van der Waals surface area contributed by atoms with Crippen LogP contribution >= 0.6 is 12.4 Å². The van der Waals surface area contributed by atoms with Crippen LogP contribution < -0.4 is 10.1 Å². The van der Waals surface area contributed by atoms with Crippen molar-refractivity contribution in [1.29, 1.82) is 0 Å². The van der Waals surface area contributed by atoms with Crippen molar-refractivity contribution in [3.8, 4) is 5.75 Å². The average Bonchev–Trinajstić information content (AvgIpc) is 2.29. The molecule has 1 fully saturated rings. The molecule has 0 aliphatic carbocycles. The smallest absolute Gasteiger partial charge is 0.125 e. The lowest BCUT2D eigenvalue weighted by Crippen LogP contribution is -2.48. The maximum Gasteiger partial charge on any atom is 0.125 e. The van der Waals surface area contributed by atoms with Crippen LogP contribution in [0.1, 0.15) is 11.7 Å². The van der Waals surface area contributed by atoms with Gasteiger partial charge in [-0.3, -0.25) is 0 Å². The fourth-order valence-corrected chi connectivity index (χ4v) is 2.13. The predicted molar refractivity (Wildman–Crippen MR) is 59.7 cm³/mol. The molecule has 1 N–H and O–H groups in total. The molecule has 2 heterocycles. The lowest BCUT2D eigenvalue weighted by molar-refractivity contribution is -0.0307. The second-order valence-electron chi connectivity index (χ2n) is 3.70. The van der Waals surface area contributed by atoms with Gasteiger partial charge in [-0.25, -0.2) is 0 Å². The number of hydrogen-bond acceptors (Lipinski definition) is 3. The molecule has 0 aromatic heterocycles. The molecule has 2 aliphatic heterocycles. The summed E-state index contributed by atoms with van der Waals surface area (Å²) in [6.45, 7) is 2.42. The van der Waals surface area contributed by atoms with Crippen LogP contribution in [0.4, 0.5) is 0 Å². The number of nitrogens with one attached hydrogen (secondary N) is 1. The third kappa shape index (κ3) is 1.83. The van der Waals surface area contributed by atoms with Gasteiger partial charge in [-0.05, 0) is 6.07 Å². The fraction of sp³-hybridized carbons (Fsp3) is 0.455. The Morgan fingerprint density at radius 2 is 2.13 bits per heavy atom. The van der Waals surface area contributed by atoms with E-state index in [-0.39, 0.29) is 18.5 Å². The third-order valence-corrected chi connectivity index (χ3v) is 2.82. The Hall–Kier alpha value is -0.770. The van der Waals surface area contributed by atoms with Crippen molar-refractivity contribution in [3.05, 3.63) is 29.8 Å². The van der Waals surface area contributed by atoms with Gasteiger partial charge in [0.25, 0.3) is 0 Å². The quantitative estimate of drug-likeness (QED) is 0.729. The molecule has 2 aliphatic rings. The van der Waals surface area contributed by atoms with Crippen molar-refractivity contribution >= 4 is 12.4 Å². The maximum atomic E-state index is 5.77. The Morgan fingerprint density at radius 3 is 3.07 bits per heavy atom. The Balaban J connectivity index is 0.000000853. The van der Waals surface area contributed by atoms with Gasteiger partial charge in [0, 0.05) is 12.1 Å². The number of fused-ring (bicyclic) bond motifs is 3. The van der Waals surface area contributed by atoms with E-state index in [9.17, 15) is 0 Å². The number of para-hydroxylation sites is 1. The zero-order chi connectivity index (χ0) is 9.38. The van der Waals surface area contributed by atoms with Gasteiger partial charge in [-0.1, -0.05) is 18.2 Å². The normalized spacial score (nSPS) is 28.0. The van der Waals surface area contributed by atoms with Crippen LogP contribution in [0.15, 0.2) is 24.3 Å². The number of halogens is 1. The Bertz CT molecular complexity index is 345. The van der Waals surface area contributed by atoms with E-state index in [1.54, 1.807) is 0 Å². The summed E-state index contributed by atoms with van der Waals surface area (Å²) in [4.78, 5) is 0. The summed E-state index contributed by atoms with van der Waals surface area (Å²) >= 11 is 0. The molecule has 1 aromatic rings. The molecule has 0 radical (unpaired) electrons. The summed E-state index contributed by atoms with van der Waals surface area (Å²) in [5.41, 5.74) is 1.18. The number of benzene rings is 1. The van der Waals surface area contributed by atoms with Crippen LogP contribution in [0.25, 0.3) is 0 Å². The van der Waals surface area contributed by atoms with E-state index in [1.807, 2.05) is 18.2 Å². The predicted octanol–water partition coefficient (Wildman–Crippen LogP) is 1.53. The molecule has 4 heteroatoms. The topological polar surface area (TPSA) is 30.5 Å². The first-order chi connectivity index (χ1) is 6.95. The lowest BCUT2D eigenvalue weighted by Gasteiger charge is -2.37. The van der Waals surface area contributed by atoms with E-state index in [2.05, 4.69) is 11.4 Å². The highest BCUT2D eigenvalue weighted by atomic mass is 35.5. The van der Waals surface area contributed by atoms with Crippen molar-refractivity contribution < 1.29 is 9.47 Å².